The molecule has 17 heavy (non-hydrogen) atoms. The molecule has 0 spiro atoms. The van der Waals surface area contributed by atoms with Crippen molar-refractivity contribution in [3.05, 3.63) is 24.2 Å². The van der Waals surface area contributed by atoms with E-state index in [0.717, 1.165) is 11.5 Å². The normalized spacial score (nSPS) is 16.5. The topological polar surface area (TPSA) is 80.5 Å². The second kappa shape index (κ2) is 4.16. The second-order valence-electron chi connectivity index (χ2n) is 4.50. The third kappa shape index (κ3) is 2.00. The van der Waals surface area contributed by atoms with Crippen LogP contribution >= 0.6 is 0 Å². The Morgan fingerprint density at radius 3 is 2.76 bits per heavy atom. The summed E-state index contributed by atoms with van der Waals surface area (Å²) in [7, 11) is 0. The lowest BCUT2D eigenvalue weighted by Crippen LogP contribution is -1.94. The van der Waals surface area contributed by atoms with Crippen LogP contribution in [0.2, 0.25) is 0 Å². The van der Waals surface area contributed by atoms with E-state index in [4.69, 9.17) is 5.73 Å². The molecule has 5 nitrogen and oxygen atoms in total. The molecule has 2 heterocycles. The average Bonchev–Trinajstić information content (AvgIpc) is 3.00. The Hall–Kier alpha value is -1.91. The van der Waals surface area contributed by atoms with Crippen LogP contribution < -0.4 is 5.73 Å². The molecule has 1 aliphatic carbocycles. The van der Waals surface area contributed by atoms with Gasteiger partial charge >= 0.3 is 0 Å². The lowest BCUT2D eigenvalue weighted by molar-refractivity contribution is 0.672. The molecule has 1 fully saturated rings. The van der Waals surface area contributed by atoms with Crippen molar-refractivity contribution in [1.82, 2.24) is 20.2 Å². The molecule has 0 aliphatic heterocycles. The minimum atomic E-state index is 0.546. The van der Waals surface area contributed by atoms with E-state index in [1.165, 1.54) is 25.7 Å². The summed E-state index contributed by atoms with van der Waals surface area (Å²) in [6, 6.07) is 3.66. The van der Waals surface area contributed by atoms with Crippen LogP contribution in [0.5, 0.6) is 0 Å². The highest BCUT2D eigenvalue weighted by molar-refractivity contribution is 5.51. The lowest BCUT2D eigenvalue weighted by Gasteiger charge is -2.01. The molecule has 5 heteroatoms. The van der Waals surface area contributed by atoms with Gasteiger partial charge in [0.05, 0.1) is 11.9 Å². The number of nitrogens with one attached hydrogen (secondary N) is 1. The number of pyridine rings is 1. The van der Waals surface area contributed by atoms with Crippen molar-refractivity contribution >= 4 is 5.69 Å². The molecule has 0 amide bonds. The van der Waals surface area contributed by atoms with E-state index in [2.05, 4.69) is 20.2 Å². The van der Waals surface area contributed by atoms with Crippen molar-refractivity contribution in [2.75, 3.05) is 5.73 Å². The van der Waals surface area contributed by atoms with Crippen molar-refractivity contribution < 1.29 is 0 Å². The molecule has 0 atom stereocenters. The number of hydrogen-bond donors (Lipinski definition) is 2. The van der Waals surface area contributed by atoms with Crippen LogP contribution in [0.15, 0.2) is 18.3 Å². The number of aromatic nitrogens is 4. The molecular weight excluding hydrogens is 214 g/mol. The monoisotopic (exact) mass is 229 g/mol. The number of rotatable bonds is 2. The van der Waals surface area contributed by atoms with Crippen LogP contribution in [0.3, 0.4) is 0 Å². The summed E-state index contributed by atoms with van der Waals surface area (Å²) in [5.41, 5.74) is 7.02. The fraction of sp³-hybridized carbons (Fsp3) is 0.417. The minimum Gasteiger partial charge on any atom is -0.397 e. The van der Waals surface area contributed by atoms with Gasteiger partial charge in [0.15, 0.2) is 5.82 Å². The molecular formula is C12H15N5. The Bertz CT molecular complexity index is 496. The molecule has 0 saturated heterocycles. The first kappa shape index (κ1) is 10.3. The smallest absolute Gasteiger partial charge is 0.199 e. The molecule has 0 unspecified atom stereocenters. The predicted molar refractivity (Wildman–Crippen MR) is 65.2 cm³/mol. The zero-order chi connectivity index (χ0) is 11.7. The van der Waals surface area contributed by atoms with Gasteiger partial charge < -0.3 is 5.73 Å². The number of H-pyrrole nitrogens is 1. The van der Waals surface area contributed by atoms with Gasteiger partial charge in [0, 0.05) is 5.92 Å². The van der Waals surface area contributed by atoms with Gasteiger partial charge in [-0.2, -0.15) is 5.10 Å². The van der Waals surface area contributed by atoms with Crippen molar-refractivity contribution in [1.29, 1.82) is 0 Å². The maximum absolute atomic E-state index is 5.60. The Labute approximate surface area is 99.5 Å². The summed E-state index contributed by atoms with van der Waals surface area (Å²) in [6.07, 6.45) is 6.64. The summed E-state index contributed by atoms with van der Waals surface area (Å²) in [5, 5.41) is 7.25. The molecule has 0 bridgehead atoms. The van der Waals surface area contributed by atoms with E-state index < -0.39 is 0 Å². The molecule has 2 aromatic heterocycles. The van der Waals surface area contributed by atoms with Gasteiger partial charge in [-0.1, -0.05) is 12.8 Å². The molecule has 0 radical (unpaired) electrons. The van der Waals surface area contributed by atoms with E-state index in [0.29, 0.717) is 17.4 Å². The van der Waals surface area contributed by atoms with Crippen LogP contribution in [0, 0.1) is 0 Å². The molecule has 1 aliphatic rings. The van der Waals surface area contributed by atoms with Gasteiger partial charge in [0.2, 0.25) is 0 Å². The Morgan fingerprint density at radius 1 is 1.24 bits per heavy atom. The van der Waals surface area contributed by atoms with Crippen LogP contribution in [0.25, 0.3) is 11.5 Å². The lowest BCUT2D eigenvalue weighted by atomic mass is 10.1. The third-order valence-corrected chi connectivity index (χ3v) is 3.26. The maximum Gasteiger partial charge on any atom is 0.199 e. The number of nitrogens with zero attached hydrogens (tertiary/aromatic N) is 3. The van der Waals surface area contributed by atoms with E-state index in [9.17, 15) is 0 Å². The largest absolute Gasteiger partial charge is 0.397 e. The summed E-state index contributed by atoms with van der Waals surface area (Å²) in [5.74, 6) is 2.20. The number of aromatic amines is 1. The van der Waals surface area contributed by atoms with Crippen molar-refractivity contribution in [3.8, 4) is 11.5 Å². The molecule has 1 saturated carbocycles. The standard InChI is InChI=1S/C12H15N5/c13-9-5-6-10(14-7-9)12-15-11(16-17-12)8-3-1-2-4-8/h5-8H,1-4,13H2,(H,15,16,17). The highest BCUT2D eigenvalue weighted by atomic mass is 15.2. The van der Waals surface area contributed by atoms with E-state index in [-0.39, 0.29) is 0 Å². The molecule has 3 N–H and O–H groups in total. The number of anilines is 1. The number of nitrogens with two attached hydrogens (primary N) is 1. The summed E-state index contributed by atoms with van der Waals surface area (Å²) in [4.78, 5) is 8.74. The SMILES string of the molecule is Nc1ccc(-c2n[nH]c(C3CCCC3)n2)nc1. The van der Waals surface area contributed by atoms with Crippen molar-refractivity contribution in [3.63, 3.8) is 0 Å². The fourth-order valence-electron chi connectivity index (χ4n) is 2.31. The van der Waals surface area contributed by atoms with Crippen LogP contribution in [0.4, 0.5) is 5.69 Å². The van der Waals surface area contributed by atoms with Gasteiger partial charge in [-0.15, -0.1) is 0 Å². The molecule has 2 aromatic rings. The molecule has 88 valence electrons. The van der Waals surface area contributed by atoms with Gasteiger partial charge in [-0.3, -0.25) is 10.1 Å². The number of nitrogen functional groups attached to an aromatic ring is 1. The van der Waals surface area contributed by atoms with Crippen LogP contribution in [-0.2, 0) is 0 Å². The Morgan fingerprint density at radius 2 is 2.06 bits per heavy atom. The molecule has 3 rings (SSSR count). The summed E-state index contributed by atoms with van der Waals surface area (Å²) < 4.78 is 0. The minimum absolute atomic E-state index is 0.546. The average molecular weight is 229 g/mol. The summed E-state index contributed by atoms with van der Waals surface area (Å²) >= 11 is 0. The first-order valence-electron chi connectivity index (χ1n) is 5.97. The van der Waals surface area contributed by atoms with E-state index >= 15 is 0 Å². The van der Waals surface area contributed by atoms with E-state index in [1.807, 2.05) is 12.1 Å². The fourth-order valence-corrected chi connectivity index (χ4v) is 2.31. The second-order valence-corrected chi connectivity index (χ2v) is 4.50. The number of hydrogen-bond acceptors (Lipinski definition) is 4. The van der Waals surface area contributed by atoms with Gasteiger partial charge in [-0.25, -0.2) is 4.98 Å². The predicted octanol–water partition coefficient (Wildman–Crippen LogP) is 2.11. The first-order chi connectivity index (χ1) is 8.33. The summed E-state index contributed by atoms with van der Waals surface area (Å²) in [6.45, 7) is 0. The van der Waals surface area contributed by atoms with Crippen LogP contribution in [-0.4, -0.2) is 20.2 Å². The Kier molecular flexibility index (Phi) is 2.51. The zero-order valence-electron chi connectivity index (χ0n) is 9.56. The van der Waals surface area contributed by atoms with Gasteiger partial charge in [0.1, 0.15) is 11.5 Å². The highest BCUT2D eigenvalue weighted by Gasteiger charge is 2.21. The highest BCUT2D eigenvalue weighted by Crippen LogP contribution is 2.32. The van der Waals surface area contributed by atoms with Crippen molar-refractivity contribution in [2.24, 2.45) is 0 Å². The first-order valence-corrected chi connectivity index (χ1v) is 5.97. The van der Waals surface area contributed by atoms with Crippen LogP contribution in [0.1, 0.15) is 37.4 Å². The quantitative estimate of drug-likeness (QED) is 0.826. The molecule has 0 aromatic carbocycles. The zero-order valence-corrected chi connectivity index (χ0v) is 9.56. The maximum atomic E-state index is 5.60. The van der Waals surface area contributed by atoms with Gasteiger partial charge in [0.25, 0.3) is 0 Å². The van der Waals surface area contributed by atoms with Gasteiger partial charge in [-0.05, 0) is 25.0 Å². The van der Waals surface area contributed by atoms with E-state index in [1.54, 1.807) is 6.20 Å². The van der Waals surface area contributed by atoms with Crippen molar-refractivity contribution in [2.45, 2.75) is 31.6 Å². The third-order valence-electron chi connectivity index (χ3n) is 3.26. The Balaban J connectivity index is 1.86.